The van der Waals surface area contributed by atoms with Gasteiger partial charge >= 0.3 is 5.69 Å². The lowest BCUT2D eigenvalue weighted by Crippen LogP contribution is -2.33. The zero-order valence-corrected chi connectivity index (χ0v) is 14.2. The van der Waals surface area contributed by atoms with E-state index in [1.807, 2.05) is 13.8 Å². The molecule has 120 valence electrons. The Hall–Kier alpha value is -1.19. The Kier molecular flexibility index (Phi) is 6.11. The van der Waals surface area contributed by atoms with Crippen LogP contribution in [-0.2, 0) is 10.0 Å². The fourth-order valence-electron chi connectivity index (χ4n) is 1.99. The van der Waals surface area contributed by atoms with Gasteiger partial charge in [0, 0.05) is 18.7 Å². The van der Waals surface area contributed by atoms with Crippen LogP contribution in [-0.4, -0.2) is 25.9 Å². The Morgan fingerprint density at radius 1 is 1.38 bits per heavy atom. The van der Waals surface area contributed by atoms with Gasteiger partial charge in [-0.05, 0) is 26.2 Å². The summed E-state index contributed by atoms with van der Waals surface area (Å²) >= 11 is 0.877. The van der Waals surface area contributed by atoms with Crippen LogP contribution in [0.2, 0.25) is 0 Å². The Morgan fingerprint density at radius 2 is 2.00 bits per heavy atom. The molecule has 0 bridgehead atoms. The molecule has 7 nitrogen and oxygen atoms in total. The fourth-order valence-corrected chi connectivity index (χ4v) is 4.66. The molecule has 1 rings (SSSR count). The summed E-state index contributed by atoms with van der Waals surface area (Å²) in [6, 6.07) is 0.881. The first-order chi connectivity index (χ1) is 9.67. The summed E-state index contributed by atoms with van der Waals surface area (Å²) in [7, 11) is -3.73. The number of nitrogens with one attached hydrogen (secondary N) is 2. The van der Waals surface area contributed by atoms with Crippen LogP contribution in [0.4, 0.5) is 10.7 Å². The van der Waals surface area contributed by atoms with E-state index in [-0.39, 0.29) is 20.9 Å². The molecule has 0 spiro atoms. The number of nitrogens with zero attached hydrogens (tertiary/aromatic N) is 1. The van der Waals surface area contributed by atoms with Crippen molar-refractivity contribution >= 4 is 32.0 Å². The minimum absolute atomic E-state index is 0.0410. The van der Waals surface area contributed by atoms with Crippen LogP contribution in [0.3, 0.4) is 0 Å². The van der Waals surface area contributed by atoms with E-state index in [0.29, 0.717) is 18.9 Å². The smallest absolute Gasteiger partial charge is 0.304 e. The van der Waals surface area contributed by atoms with Crippen molar-refractivity contribution in [3.63, 3.8) is 0 Å². The van der Waals surface area contributed by atoms with Gasteiger partial charge < -0.3 is 5.32 Å². The summed E-state index contributed by atoms with van der Waals surface area (Å²) in [6.07, 6.45) is 0.701. The molecule has 0 aliphatic rings. The normalized spacial score (nSPS) is 13.4. The van der Waals surface area contributed by atoms with Crippen molar-refractivity contribution in [3.05, 3.63) is 16.2 Å². The quantitative estimate of drug-likeness (QED) is 0.562. The van der Waals surface area contributed by atoms with Crippen LogP contribution in [0.25, 0.3) is 0 Å². The highest BCUT2D eigenvalue weighted by Gasteiger charge is 2.27. The summed E-state index contributed by atoms with van der Waals surface area (Å²) in [5, 5.41) is 14.0. The van der Waals surface area contributed by atoms with Crippen molar-refractivity contribution in [3.8, 4) is 0 Å². The van der Waals surface area contributed by atoms with Crippen molar-refractivity contribution in [2.75, 3.05) is 11.9 Å². The first-order valence-electron chi connectivity index (χ1n) is 6.71. The standard InChI is InChI=1S/C12H21N3O4S2/c1-5-13-12-10(15(16)17)7-11(20-12)21(18,19)14-9(4)6-8(2)3/h7-9,13-14H,5-6H2,1-4H3. The molecule has 0 saturated carbocycles. The van der Waals surface area contributed by atoms with Gasteiger partial charge in [-0.1, -0.05) is 25.2 Å². The van der Waals surface area contributed by atoms with Gasteiger partial charge in [-0.3, -0.25) is 10.1 Å². The second-order valence-electron chi connectivity index (χ2n) is 5.22. The summed E-state index contributed by atoms with van der Waals surface area (Å²) in [5.41, 5.74) is -0.210. The Labute approximate surface area is 129 Å². The summed E-state index contributed by atoms with van der Waals surface area (Å²) in [6.45, 7) is 8.07. The average molecular weight is 335 g/mol. The number of rotatable bonds is 8. The molecule has 1 heterocycles. The Bertz CT molecular complexity index is 596. The zero-order valence-electron chi connectivity index (χ0n) is 12.5. The summed E-state index contributed by atoms with van der Waals surface area (Å²) in [5.74, 6) is 0.359. The maximum absolute atomic E-state index is 12.3. The number of nitro groups is 1. The largest absolute Gasteiger partial charge is 0.372 e. The highest BCUT2D eigenvalue weighted by Crippen LogP contribution is 2.36. The van der Waals surface area contributed by atoms with Crippen LogP contribution in [0.15, 0.2) is 10.3 Å². The van der Waals surface area contributed by atoms with E-state index in [4.69, 9.17) is 0 Å². The van der Waals surface area contributed by atoms with Gasteiger partial charge in [-0.25, -0.2) is 13.1 Å². The summed E-state index contributed by atoms with van der Waals surface area (Å²) < 4.78 is 27.0. The van der Waals surface area contributed by atoms with E-state index in [0.717, 1.165) is 17.4 Å². The first kappa shape index (κ1) is 17.9. The predicted octanol–water partition coefficient (Wildman–Crippen LogP) is 2.80. The molecule has 0 amide bonds. The van der Waals surface area contributed by atoms with Crippen molar-refractivity contribution < 1.29 is 13.3 Å². The molecule has 1 aromatic rings. The molecule has 0 aliphatic heterocycles. The fraction of sp³-hybridized carbons (Fsp3) is 0.667. The van der Waals surface area contributed by atoms with Crippen molar-refractivity contribution in [2.24, 2.45) is 5.92 Å². The number of thiophene rings is 1. The van der Waals surface area contributed by atoms with Gasteiger partial charge in [-0.2, -0.15) is 0 Å². The molecular formula is C12H21N3O4S2. The Balaban J connectivity index is 3.03. The number of hydrogen-bond donors (Lipinski definition) is 2. The van der Waals surface area contributed by atoms with E-state index < -0.39 is 14.9 Å². The average Bonchev–Trinajstić information content (AvgIpc) is 2.72. The van der Waals surface area contributed by atoms with Gasteiger partial charge in [0.05, 0.1) is 4.92 Å². The van der Waals surface area contributed by atoms with Crippen LogP contribution in [0.1, 0.15) is 34.1 Å². The van der Waals surface area contributed by atoms with Crippen LogP contribution in [0.5, 0.6) is 0 Å². The zero-order chi connectivity index (χ0) is 16.2. The van der Waals surface area contributed by atoms with E-state index in [9.17, 15) is 18.5 Å². The van der Waals surface area contributed by atoms with Gasteiger partial charge in [0.2, 0.25) is 0 Å². The number of anilines is 1. The lowest BCUT2D eigenvalue weighted by Gasteiger charge is -2.15. The maximum atomic E-state index is 12.3. The SMILES string of the molecule is CCNc1sc(S(=O)(=O)NC(C)CC(C)C)cc1[N+](=O)[O-]. The lowest BCUT2D eigenvalue weighted by molar-refractivity contribution is -0.383. The second-order valence-corrected chi connectivity index (χ2v) is 8.21. The molecule has 21 heavy (non-hydrogen) atoms. The van der Waals surface area contributed by atoms with Gasteiger partial charge in [0.15, 0.2) is 5.00 Å². The van der Waals surface area contributed by atoms with Crippen LogP contribution < -0.4 is 10.0 Å². The second kappa shape index (κ2) is 7.19. The highest BCUT2D eigenvalue weighted by molar-refractivity contribution is 7.91. The molecule has 1 aromatic heterocycles. The van der Waals surface area contributed by atoms with E-state index in [2.05, 4.69) is 10.0 Å². The molecular weight excluding hydrogens is 314 g/mol. The molecule has 1 atom stereocenters. The highest BCUT2D eigenvalue weighted by atomic mass is 32.2. The van der Waals surface area contributed by atoms with Gasteiger partial charge in [0.25, 0.3) is 10.0 Å². The van der Waals surface area contributed by atoms with Gasteiger partial charge in [-0.15, -0.1) is 0 Å². The lowest BCUT2D eigenvalue weighted by atomic mass is 10.1. The minimum atomic E-state index is -3.73. The third-order valence-electron chi connectivity index (χ3n) is 2.67. The van der Waals surface area contributed by atoms with Crippen molar-refractivity contribution in [1.82, 2.24) is 4.72 Å². The molecule has 9 heteroatoms. The maximum Gasteiger partial charge on any atom is 0.304 e. The first-order valence-corrected chi connectivity index (χ1v) is 9.01. The molecule has 0 saturated heterocycles. The van der Waals surface area contributed by atoms with E-state index in [1.54, 1.807) is 13.8 Å². The third-order valence-corrected chi connectivity index (χ3v) is 5.82. The molecule has 0 aromatic carbocycles. The number of sulfonamides is 1. The predicted molar refractivity (Wildman–Crippen MR) is 84.4 cm³/mol. The van der Waals surface area contributed by atoms with Crippen molar-refractivity contribution in [1.29, 1.82) is 0 Å². The Morgan fingerprint density at radius 3 is 2.48 bits per heavy atom. The van der Waals surface area contributed by atoms with Crippen LogP contribution in [0, 0.1) is 16.0 Å². The minimum Gasteiger partial charge on any atom is -0.372 e. The molecule has 0 radical (unpaired) electrons. The van der Waals surface area contributed by atoms with Crippen LogP contribution >= 0.6 is 11.3 Å². The third kappa shape index (κ3) is 4.94. The molecule has 0 fully saturated rings. The molecule has 0 aliphatic carbocycles. The summed E-state index contributed by atoms with van der Waals surface area (Å²) in [4.78, 5) is 10.4. The van der Waals surface area contributed by atoms with E-state index >= 15 is 0 Å². The van der Waals surface area contributed by atoms with Gasteiger partial charge in [0.1, 0.15) is 4.21 Å². The molecule has 2 N–H and O–H groups in total. The topological polar surface area (TPSA) is 101 Å². The number of hydrogen-bond acceptors (Lipinski definition) is 6. The monoisotopic (exact) mass is 335 g/mol. The molecule has 1 unspecified atom stereocenters. The van der Waals surface area contributed by atoms with E-state index in [1.165, 1.54) is 0 Å². The van der Waals surface area contributed by atoms with Crippen molar-refractivity contribution in [2.45, 2.75) is 44.4 Å².